The molecule has 6 heterocycles. The van der Waals surface area contributed by atoms with Gasteiger partial charge < -0.3 is 45.3 Å². The fourth-order valence-electron chi connectivity index (χ4n) is 8.85. The Morgan fingerprint density at radius 1 is 0.838 bits per heavy atom. The number of ketones is 1. The number of nitrogens with one attached hydrogen (secondary N) is 1. The molecule has 0 radical (unpaired) electrons. The Hall–Kier alpha value is -5.40. The van der Waals surface area contributed by atoms with Gasteiger partial charge in [0.1, 0.15) is 65.0 Å². The minimum Gasteiger partial charge on any atom is -0.493 e. The van der Waals surface area contributed by atoms with E-state index < -0.39 is 32.5 Å². The van der Waals surface area contributed by atoms with Crippen LogP contribution in [0.3, 0.4) is 0 Å². The van der Waals surface area contributed by atoms with Crippen LogP contribution >= 0.6 is 0 Å². The quantitative estimate of drug-likeness (QED) is 0.0755. The molecule has 2 aromatic heterocycles. The molecule has 6 N–H and O–H groups in total. The number of carbonyl (C=O) groups is 1. The minimum atomic E-state index is -1.42. The van der Waals surface area contributed by atoms with Crippen molar-refractivity contribution in [3.8, 4) is 45.5 Å². The molecule has 362 valence electrons. The third kappa shape index (κ3) is 9.24. The second-order valence-electron chi connectivity index (χ2n) is 19.2. The number of rotatable bonds is 14. The van der Waals surface area contributed by atoms with Crippen molar-refractivity contribution in [2.24, 2.45) is 5.73 Å². The summed E-state index contributed by atoms with van der Waals surface area (Å²) in [6.45, 7) is 11.5. The first kappa shape index (κ1) is 49.0. The number of benzene rings is 3. The molecule has 9 rings (SSSR count). The van der Waals surface area contributed by atoms with Crippen LogP contribution in [0.25, 0.3) is 22.5 Å². The molecule has 17 heteroatoms. The summed E-state index contributed by atoms with van der Waals surface area (Å²) in [5, 5.41) is 34.8. The van der Waals surface area contributed by atoms with Gasteiger partial charge in [-0.3, -0.25) is 4.79 Å². The van der Waals surface area contributed by atoms with Crippen molar-refractivity contribution < 1.29 is 52.1 Å². The van der Waals surface area contributed by atoms with Gasteiger partial charge in [-0.15, -0.1) is 0 Å². The van der Waals surface area contributed by atoms with Crippen LogP contribution < -0.4 is 30.0 Å². The fourth-order valence-corrected chi connectivity index (χ4v) is 10.3. The zero-order valence-electron chi connectivity index (χ0n) is 39.2. The van der Waals surface area contributed by atoms with Crippen LogP contribution in [0.5, 0.6) is 23.0 Å². The maximum atomic E-state index is 13.6. The molecule has 0 bridgehead atoms. The smallest absolute Gasteiger partial charge is 0.163 e. The molecule has 5 aromatic rings. The number of nitrogens with two attached hydrogens (primary N) is 1. The Bertz CT molecular complexity index is 2710. The van der Waals surface area contributed by atoms with Crippen LogP contribution in [-0.4, -0.2) is 97.5 Å². The Morgan fingerprint density at radius 3 is 1.93 bits per heavy atom. The van der Waals surface area contributed by atoms with E-state index in [4.69, 9.17) is 34.8 Å². The largest absolute Gasteiger partial charge is 0.493 e. The number of ether oxygens (including phenoxy) is 4. The summed E-state index contributed by atoms with van der Waals surface area (Å²) in [4.78, 5) is 22.5. The van der Waals surface area contributed by atoms with Crippen LogP contribution in [-0.2, 0) is 33.3 Å². The minimum absolute atomic E-state index is 0.00681. The molecule has 0 amide bonds. The SMILES string of the molecule is CC(O)(CN)c1cc2c(c(-c3ccc(F)cc3)n1)OCC21CCN1S(=O)C(C)(C)C.COc1cc(C(=O)CCC(C)(O)c2cc3c(c(-c4ccc(F)cc4)n2)OCC32CCN2)ccc1OCCO. The lowest BCUT2D eigenvalue weighted by molar-refractivity contribution is 0.0395. The van der Waals surface area contributed by atoms with Gasteiger partial charge in [-0.25, -0.2) is 27.3 Å². The van der Waals surface area contributed by atoms with E-state index in [1.165, 1.54) is 31.4 Å². The average Bonchev–Trinajstić information content (AvgIpc) is 3.91. The molecular formula is C51H59F2N5O9S. The van der Waals surface area contributed by atoms with E-state index in [2.05, 4.69) is 10.3 Å². The number of halogens is 2. The van der Waals surface area contributed by atoms with E-state index in [0.29, 0.717) is 82.2 Å². The van der Waals surface area contributed by atoms with Gasteiger partial charge in [0.05, 0.1) is 40.9 Å². The number of methoxy groups -OCH3 is 1. The summed E-state index contributed by atoms with van der Waals surface area (Å²) < 4.78 is 64.8. The molecule has 4 aliphatic rings. The Balaban J connectivity index is 0.000000189. The van der Waals surface area contributed by atoms with Crippen molar-refractivity contribution in [1.82, 2.24) is 19.6 Å². The van der Waals surface area contributed by atoms with Gasteiger partial charge in [0.2, 0.25) is 0 Å². The van der Waals surface area contributed by atoms with Crippen LogP contribution in [0.1, 0.15) is 93.2 Å². The lowest BCUT2D eigenvalue weighted by Gasteiger charge is -2.50. The molecule has 2 spiro atoms. The topological polar surface area (TPSA) is 199 Å². The molecule has 5 atom stereocenters. The van der Waals surface area contributed by atoms with Gasteiger partial charge in [0.25, 0.3) is 0 Å². The second kappa shape index (κ2) is 18.8. The number of hydrogen-bond donors (Lipinski definition) is 5. The highest BCUT2D eigenvalue weighted by Crippen LogP contribution is 2.54. The van der Waals surface area contributed by atoms with Crippen molar-refractivity contribution in [1.29, 1.82) is 0 Å². The van der Waals surface area contributed by atoms with Gasteiger partial charge in [-0.1, -0.05) is 0 Å². The molecule has 68 heavy (non-hydrogen) atoms. The predicted octanol–water partition coefficient (Wildman–Crippen LogP) is 6.53. The van der Waals surface area contributed by atoms with Crippen LogP contribution in [0.15, 0.2) is 78.9 Å². The van der Waals surface area contributed by atoms with E-state index in [1.807, 2.05) is 37.2 Å². The number of pyridine rings is 2. The maximum absolute atomic E-state index is 13.6. The van der Waals surface area contributed by atoms with Gasteiger partial charge >= 0.3 is 0 Å². The van der Waals surface area contributed by atoms with E-state index in [-0.39, 0.29) is 55.6 Å². The molecule has 2 fully saturated rings. The first-order valence-electron chi connectivity index (χ1n) is 22.7. The van der Waals surface area contributed by atoms with E-state index in [9.17, 15) is 28.0 Å². The van der Waals surface area contributed by atoms with E-state index in [0.717, 1.165) is 30.5 Å². The Morgan fingerprint density at radius 2 is 1.41 bits per heavy atom. The van der Waals surface area contributed by atoms with Gasteiger partial charge in [0.15, 0.2) is 28.8 Å². The number of aliphatic hydroxyl groups is 3. The summed E-state index contributed by atoms with van der Waals surface area (Å²) in [7, 11) is 0.259. The standard InChI is InChI=1S/C29H31FN2O6.C22H28FN3O3S/c1-28(35,10-9-22(34)19-5-8-23(37-14-13-33)24(15-19)36-2)25-16-21-27(38-17-29(21)11-12-31-29)26(32-25)18-3-6-20(30)7-4-18;1-20(2,3)30(28)26-10-9-22(26)13-29-19-16(22)11-17(21(4,27)12-24)25-18(19)14-5-7-15(23)8-6-14/h3-8,15-16,31,33,35H,9-14,17H2,1-2H3;5-8,11,27H,9-10,12-13,24H2,1-4H3. The number of fused-ring (bicyclic) bond motifs is 4. The summed E-state index contributed by atoms with van der Waals surface area (Å²) in [5.74, 6) is 1.18. The van der Waals surface area contributed by atoms with Gasteiger partial charge in [0, 0.05) is 47.3 Å². The molecule has 0 saturated carbocycles. The van der Waals surface area contributed by atoms with Crippen molar-refractivity contribution >= 4 is 16.8 Å². The molecule has 3 aromatic carbocycles. The van der Waals surface area contributed by atoms with Crippen molar-refractivity contribution in [2.75, 3.05) is 53.2 Å². The monoisotopic (exact) mass is 955 g/mol. The first-order valence-corrected chi connectivity index (χ1v) is 23.8. The van der Waals surface area contributed by atoms with Crippen LogP contribution in [0.2, 0.25) is 0 Å². The third-order valence-corrected chi connectivity index (χ3v) is 15.2. The predicted molar refractivity (Wildman–Crippen MR) is 253 cm³/mol. The molecule has 5 unspecified atom stereocenters. The number of nitrogens with zero attached hydrogens (tertiary/aromatic N) is 3. The first-order chi connectivity index (χ1) is 32.3. The summed E-state index contributed by atoms with van der Waals surface area (Å²) in [6, 6.07) is 20.6. The lowest BCUT2D eigenvalue weighted by Crippen LogP contribution is -2.61. The second-order valence-corrected chi connectivity index (χ2v) is 21.3. The Labute approximate surface area is 397 Å². The zero-order valence-corrected chi connectivity index (χ0v) is 40.0. The lowest BCUT2D eigenvalue weighted by atomic mass is 9.80. The van der Waals surface area contributed by atoms with Crippen molar-refractivity contribution in [3.05, 3.63) is 119 Å². The normalized spacial score (nSPS) is 21.4. The summed E-state index contributed by atoms with van der Waals surface area (Å²) >= 11 is 0. The van der Waals surface area contributed by atoms with Gasteiger partial charge in [-0.2, -0.15) is 0 Å². The number of Topliss-reactive ketones (excluding diaryl/α,β-unsaturated/α-hetero) is 1. The maximum Gasteiger partial charge on any atom is 0.163 e. The third-order valence-electron chi connectivity index (χ3n) is 13.2. The molecule has 14 nitrogen and oxygen atoms in total. The summed E-state index contributed by atoms with van der Waals surface area (Å²) in [5.41, 5.74) is 7.66. The average molecular weight is 956 g/mol. The number of aliphatic hydroxyl groups excluding tert-OH is 1. The highest BCUT2D eigenvalue weighted by molar-refractivity contribution is 7.84. The Kier molecular flexibility index (Phi) is 13.6. The fraction of sp³-hybridized carbons (Fsp3) is 0.431. The van der Waals surface area contributed by atoms with E-state index in [1.54, 1.807) is 56.3 Å². The number of hydrogen-bond acceptors (Lipinski definition) is 13. The molecule has 2 saturated heterocycles. The summed E-state index contributed by atoms with van der Waals surface area (Å²) in [6.07, 6.45) is 1.88. The number of aromatic nitrogens is 2. The highest BCUT2D eigenvalue weighted by atomic mass is 32.2. The van der Waals surface area contributed by atoms with Gasteiger partial charge in [-0.05, 0) is 139 Å². The zero-order chi connectivity index (χ0) is 48.8. The van der Waals surface area contributed by atoms with Crippen molar-refractivity contribution in [3.63, 3.8) is 0 Å². The molecule has 4 aliphatic heterocycles. The molecule has 0 aliphatic carbocycles. The molecular weight excluding hydrogens is 897 g/mol. The number of carbonyl (C=O) groups excluding carboxylic acids is 1. The highest BCUT2D eigenvalue weighted by Gasteiger charge is 2.57. The van der Waals surface area contributed by atoms with Crippen LogP contribution in [0.4, 0.5) is 8.78 Å². The van der Waals surface area contributed by atoms with E-state index >= 15 is 0 Å². The van der Waals surface area contributed by atoms with Crippen LogP contribution in [0, 0.1) is 11.6 Å². The van der Waals surface area contributed by atoms with Crippen molar-refractivity contribution in [2.45, 2.75) is 87.3 Å².